The van der Waals surface area contributed by atoms with Crippen molar-refractivity contribution >= 4 is 17.0 Å². The first kappa shape index (κ1) is 16.1. The van der Waals surface area contributed by atoms with Gasteiger partial charge in [0.25, 0.3) is 0 Å². The molecule has 0 aliphatic heterocycles. The number of imidazole rings is 1. The Bertz CT molecular complexity index is 837. The maximum absolute atomic E-state index is 10.8. The number of aromatic nitrogens is 2. The maximum atomic E-state index is 10.8. The number of benzene rings is 2. The van der Waals surface area contributed by atoms with Crippen LogP contribution in [0.25, 0.3) is 11.0 Å². The molecule has 2 aromatic carbocycles. The van der Waals surface area contributed by atoms with Crippen molar-refractivity contribution in [3.63, 3.8) is 0 Å². The van der Waals surface area contributed by atoms with Crippen LogP contribution in [0.4, 0.5) is 0 Å². The predicted molar refractivity (Wildman–Crippen MR) is 92.6 cm³/mol. The fourth-order valence-electron chi connectivity index (χ4n) is 2.73. The summed E-state index contributed by atoms with van der Waals surface area (Å²) in [6.07, 6.45) is 1.92. The van der Waals surface area contributed by atoms with Crippen LogP contribution in [0.2, 0.25) is 0 Å². The second-order valence-electron chi connectivity index (χ2n) is 5.68. The van der Waals surface area contributed by atoms with Gasteiger partial charge in [-0.25, -0.2) is 9.78 Å². The van der Waals surface area contributed by atoms with Crippen LogP contribution in [-0.4, -0.2) is 27.2 Å². The summed E-state index contributed by atoms with van der Waals surface area (Å²) in [5, 5.41) is 8.86. The van der Waals surface area contributed by atoms with Crippen molar-refractivity contribution in [3.05, 3.63) is 59.9 Å². The molecule has 24 heavy (non-hydrogen) atoms. The lowest BCUT2D eigenvalue weighted by atomic mass is 10.2. The quantitative estimate of drug-likeness (QED) is 0.669. The Morgan fingerprint density at radius 2 is 1.88 bits per heavy atom. The summed E-state index contributed by atoms with van der Waals surface area (Å²) in [5.41, 5.74) is 2.47. The number of carbonyl (C=O) groups is 1. The second kappa shape index (κ2) is 7.17. The zero-order valence-corrected chi connectivity index (χ0v) is 13.6. The Hall–Kier alpha value is -2.82. The summed E-state index contributed by atoms with van der Waals surface area (Å²) in [4.78, 5) is 15.4. The Balaban J connectivity index is 1.48. The highest BCUT2D eigenvalue weighted by atomic mass is 16.5. The summed E-state index contributed by atoms with van der Waals surface area (Å²) in [6.45, 7) is 3.55. The van der Waals surface area contributed by atoms with Gasteiger partial charge in [-0.1, -0.05) is 12.1 Å². The molecule has 0 aliphatic carbocycles. The average Bonchev–Trinajstić information content (AvgIpc) is 2.90. The first-order chi connectivity index (χ1) is 11.6. The molecule has 0 bridgehead atoms. The molecule has 0 unspecified atom stereocenters. The molecule has 0 fully saturated rings. The van der Waals surface area contributed by atoms with Gasteiger partial charge in [0.2, 0.25) is 0 Å². The molecule has 3 aromatic rings. The van der Waals surface area contributed by atoms with Gasteiger partial charge in [-0.2, -0.15) is 0 Å². The first-order valence-corrected chi connectivity index (χ1v) is 8.03. The van der Waals surface area contributed by atoms with E-state index in [0.29, 0.717) is 12.4 Å². The zero-order valence-electron chi connectivity index (χ0n) is 13.6. The van der Waals surface area contributed by atoms with E-state index in [-0.39, 0.29) is 5.56 Å². The molecule has 0 spiro atoms. The third kappa shape index (κ3) is 3.56. The highest BCUT2D eigenvalue weighted by Gasteiger charge is 2.06. The Kier molecular flexibility index (Phi) is 4.79. The van der Waals surface area contributed by atoms with Crippen molar-refractivity contribution in [2.24, 2.45) is 0 Å². The lowest BCUT2D eigenvalue weighted by Crippen LogP contribution is -2.04. The molecule has 5 nitrogen and oxygen atoms in total. The van der Waals surface area contributed by atoms with Crippen LogP contribution >= 0.6 is 0 Å². The van der Waals surface area contributed by atoms with Gasteiger partial charge in [-0.3, -0.25) is 0 Å². The van der Waals surface area contributed by atoms with Gasteiger partial charge in [0.05, 0.1) is 23.2 Å². The van der Waals surface area contributed by atoms with Crippen molar-refractivity contribution in [1.82, 2.24) is 9.55 Å². The molecule has 1 aromatic heterocycles. The fraction of sp³-hybridized carbons (Fsp3) is 0.263. The number of carboxylic acid groups (broad SMARTS) is 1. The summed E-state index contributed by atoms with van der Waals surface area (Å²) in [6, 6.07) is 14.6. The van der Waals surface area contributed by atoms with E-state index >= 15 is 0 Å². The van der Waals surface area contributed by atoms with Crippen molar-refractivity contribution < 1.29 is 14.6 Å². The zero-order chi connectivity index (χ0) is 16.9. The monoisotopic (exact) mass is 324 g/mol. The summed E-state index contributed by atoms with van der Waals surface area (Å²) in [5.74, 6) is 0.801. The first-order valence-electron chi connectivity index (χ1n) is 8.03. The Morgan fingerprint density at radius 3 is 2.62 bits per heavy atom. The minimum absolute atomic E-state index is 0.268. The number of carboxylic acids is 1. The molecule has 3 rings (SSSR count). The van der Waals surface area contributed by atoms with Crippen LogP contribution in [0.15, 0.2) is 48.5 Å². The molecular weight excluding hydrogens is 304 g/mol. The molecular formula is C19H20N2O3. The molecule has 1 heterocycles. The van der Waals surface area contributed by atoms with Crippen LogP contribution in [0.1, 0.15) is 29.0 Å². The van der Waals surface area contributed by atoms with Gasteiger partial charge in [-0.05, 0) is 56.2 Å². The number of fused-ring (bicyclic) bond motifs is 1. The molecule has 0 amide bonds. The number of ether oxygens (including phenoxy) is 1. The van der Waals surface area contributed by atoms with E-state index in [0.717, 1.165) is 30.7 Å². The molecule has 5 heteroatoms. The number of nitrogens with zero attached hydrogens (tertiary/aromatic N) is 2. The average molecular weight is 324 g/mol. The third-order valence-corrected chi connectivity index (χ3v) is 3.99. The number of hydrogen-bond acceptors (Lipinski definition) is 3. The van der Waals surface area contributed by atoms with Gasteiger partial charge >= 0.3 is 5.97 Å². The van der Waals surface area contributed by atoms with Gasteiger partial charge in [0.1, 0.15) is 11.6 Å². The smallest absolute Gasteiger partial charge is 0.335 e. The number of hydrogen-bond donors (Lipinski definition) is 1. The minimum Gasteiger partial charge on any atom is -0.494 e. The Morgan fingerprint density at radius 1 is 1.12 bits per heavy atom. The lowest BCUT2D eigenvalue weighted by Gasteiger charge is -2.08. The van der Waals surface area contributed by atoms with E-state index < -0.39 is 5.97 Å². The summed E-state index contributed by atoms with van der Waals surface area (Å²) < 4.78 is 7.89. The standard InChI is InChI=1S/C19H20N2O3/c1-14-20-17-6-2-3-7-18(17)21(14)12-4-5-13-24-16-10-8-15(9-11-16)19(22)23/h2-3,6-11H,4-5,12-13H2,1H3,(H,22,23). The molecule has 124 valence electrons. The van der Waals surface area contributed by atoms with Crippen LogP contribution in [0.3, 0.4) is 0 Å². The van der Waals surface area contributed by atoms with Gasteiger partial charge in [-0.15, -0.1) is 0 Å². The van der Waals surface area contributed by atoms with Crippen molar-refractivity contribution in [2.45, 2.75) is 26.3 Å². The predicted octanol–water partition coefficient (Wildman–Crippen LogP) is 3.90. The van der Waals surface area contributed by atoms with E-state index in [9.17, 15) is 4.79 Å². The SMILES string of the molecule is Cc1nc2ccccc2n1CCCCOc1ccc(C(=O)O)cc1. The maximum Gasteiger partial charge on any atom is 0.335 e. The molecule has 0 saturated heterocycles. The van der Waals surface area contributed by atoms with E-state index in [1.54, 1.807) is 24.3 Å². The number of unbranched alkanes of at least 4 members (excludes halogenated alkanes) is 1. The van der Waals surface area contributed by atoms with Gasteiger partial charge in [0, 0.05) is 6.54 Å². The Labute approximate surface area is 140 Å². The normalized spacial score (nSPS) is 10.9. The van der Waals surface area contributed by atoms with Crippen LogP contribution in [0, 0.1) is 6.92 Å². The summed E-state index contributed by atoms with van der Waals surface area (Å²) in [7, 11) is 0. The number of para-hydroxylation sites is 2. The van der Waals surface area contributed by atoms with E-state index in [1.807, 2.05) is 25.1 Å². The van der Waals surface area contributed by atoms with Crippen LogP contribution < -0.4 is 4.74 Å². The van der Waals surface area contributed by atoms with E-state index in [1.165, 1.54) is 5.52 Å². The van der Waals surface area contributed by atoms with E-state index in [4.69, 9.17) is 9.84 Å². The highest BCUT2D eigenvalue weighted by Crippen LogP contribution is 2.17. The number of aryl methyl sites for hydroxylation is 2. The fourth-order valence-corrected chi connectivity index (χ4v) is 2.73. The molecule has 0 radical (unpaired) electrons. The summed E-state index contributed by atoms with van der Waals surface area (Å²) >= 11 is 0. The van der Waals surface area contributed by atoms with Crippen molar-refractivity contribution in [2.75, 3.05) is 6.61 Å². The van der Waals surface area contributed by atoms with Crippen LogP contribution in [0.5, 0.6) is 5.75 Å². The molecule has 0 aliphatic rings. The van der Waals surface area contributed by atoms with Gasteiger partial charge < -0.3 is 14.4 Å². The van der Waals surface area contributed by atoms with Crippen LogP contribution in [-0.2, 0) is 6.54 Å². The molecule has 1 N–H and O–H groups in total. The number of rotatable bonds is 7. The largest absolute Gasteiger partial charge is 0.494 e. The topological polar surface area (TPSA) is 64.4 Å². The number of aromatic carboxylic acids is 1. The second-order valence-corrected chi connectivity index (χ2v) is 5.68. The van der Waals surface area contributed by atoms with Crippen molar-refractivity contribution in [3.8, 4) is 5.75 Å². The van der Waals surface area contributed by atoms with Crippen molar-refractivity contribution in [1.29, 1.82) is 0 Å². The third-order valence-electron chi connectivity index (χ3n) is 3.99. The van der Waals surface area contributed by atoms with Gasteiger partial charge in [0.15, 0.2) is 0 Å². The molecule has 0 saturated carbocycles. The minimum atomic E-state index is -0.926. The van der Waals surface area contributed by atoms with E-state index in [2.05, 4.69) is 15.6 Å². The highest BCUT2D eigenvalue weighted by molar-refractivity contribution is 5.87. The molecule has 0 atom stereocenters. The lowest BCUT2D eigenvalue weighted by molar-refractivity contribution is 0.0697.